The second kappa shape index (κ2) is 11.3. The van der Waals surface area contributed by atoms with Crippen LogP contribution in [0, 0.1) is 5.41 Å². The summed E-state index contributed by atoms with van der Waals surface area (Å²) < 4.78 is 13.6. The summed E-state index contributed by atoms with van der Waals surface area (Å²) in [5.74, 6) is 0. The molecule has 0 aromatic heterocycles. The molecule has 0 amide bonds. The van der Waals surface area contributed by atoms with Crippen LogP contribution < -0.4 is 5.46 Å². The molecule has 0 radical (unpaired) electrons. The van der Waals surface area contributed by atoms with Gasteiger partial charge in [0, 0.05) is 28.5 Å². The number of unbranched alkanes of at least 4 members (excludes halogenated alkanes) is 6. The number of rotatable bonds is 11. The van der Waals surface area contributed by atoms with E-state index in [4.69, 9.17) is 9.31 Å². The molecule has 4 rings (SSSR count). The largest absolute Gasteiger partial charge is 0.493 e. The number of halogens is 1. The Bertz CT molecular complexity index is 948. The van der Waals surface area contributed by atoms with Crippen molar-refractivity contribution in [3.63, 3.8) is 0 Å². The molecule has 0 unspecified atom stereocenters. The van der Waals surface area contributed by atoms with Gasteiger partial charge in [-0.15, -0.1) is 0 Å². The highest BCUT2D eigenvalue weighted by Crippen LogP contribution is 2.54. The molecule has 34 heavy (non-hydrogen) atoms. The lowest BCUT2D eigenvalue weighted by atomic mass is 9.68. The lowest BCUT2D eigenvalue weighted by Gasteiger charge is -2.35. The molecule has 184 valence electrons. The minimum atomic E-state index is -0.258. The average Bonchev–Trinajstić information content (AvgIpc) is 3.08. The highest BCUT2D eigenvalue weighted by molar-refractivity contribution is 9.10. The van der Waals surface area contributed by atoms with Gasteiger partial charge in [0.15, 0.2) is 0 Å². The Kier molecular flexibility index (Phi) is 8.64. The molecule has 2 nitrogen and oxygen atoms in total. The van der Waals surface area contributed by atoms with E-state index in [9.17, 15) is 0 Å². The van der Waals surface area contributed by atoms with E-state index in [0.717, 1.165) is 13.2 Å². The van der Waals surface area contributed by atoms with Crippen molar-refractivity contribution in [3.8, 4) is 11.1 Å². The Balaban J connectivity index is 1.73. The molecule has 0 spiro atoms. The molecule has 2 aromatic carbocycles. The Labute approximate surface area is 216 Å². The van der Waals surface area contributed by atoms with Crippen molar-refractivity contribution >= 4 is 28.5 Å². The van der Waals surface area contributed by atoms with Gasteiger partial charge in [-0.2, -0.15) is 0 Å². The zero-order valence-electron chi connectivity index (χ0n) is 21.7. The van der Waals surface area contributed by atoms with E-state index in [1.807, 2.05) is 0 Å². The van der Waals surface area contributed by atoms with E-state index < -0.39 is 0 Å². The molecule has 1 aliphatic heterocycles. The van der Waals surface area contributed by atoms with Crippen LogP contribution in [-0.4, -0.2) is 20.3 Å². The molecular formula is C30H42BBrO2. The lowest BCUT2D eigenvalue weighted by molar-refractivity contribution is 0.0343. The van der Waals surface area contributed by atoms with Gasteiger partial charge in [0.2, 0.25) is 0 Å². The summed E-state index contributed by atoms with van der Waals surface area (Å²) in [5, 5.41) is 0. The second-order valence-corrected chi connectivity index (χ2v) is 12.2. The van der Waals surface area contributed by atoms with Crippen molar-refractivity contribution in [1.82, 2.24) is 0 Å². The average molecular weight is 525 g/mol. The summed E-state index contributed by atoms with van der Waals surface area (Å²) in [5.41, 5.74) is 7.19. The van der Waals surface area contributed by atoms with Gasteiger partial charge in [0.05, 0.1) is 0 Å². The number of fused-ring (bicyclic) bond motifs is 3. The summed E-state index contributed by atoms with van der Waals surface area (Å²) in [7, 11) is -0.258. The van der Waals surface area contributed by atoms with Gasteiger partial charge in [-0.3, -0.25) is 0 Å². The Morgan fingerprint density at radius 2 is 1.32 bits per heavy atom. The molecule has 1 aliphatic carbocycles. The molecule has 0 saturated carbocycles. The topological polar surface area (TPSA) is 18.5 Å². The third-order valence-corrected chi connectivity index (χ3v) is 8.28. The second-order valence-electron chi connectivity index (χ2n) is 11.3. The Morgan fingerprint density at radius 1 is 0.765 bits per heavy atom. The van der Waals surface area contributed by atoms with Crippen LogP contribution in [0.3, 0.4) is 0 Å². The first-order chi connectivity index (χ1) is 16.4. The van der Waals surface area contributed by atoms with Crippen LogP contribution in [0.15, 0.2) is 40.9 Å². The predicted octanol–water partition coefficient (Wildman–Crippen LogP) is 8.42. The maximum atomic E-state index is 6.20. The fourth-order valence-electron chi connectivity index (χ4n) is 5.89. The van der Waals surface area contributed by atoms with Crippen LogP contribution in [0.1, 0.15) is 103 Å². The van der Waals surface area contributed by atoms with Crippen LogP contribution in [0.5, 0.6) is 0 Å². The van der Waals surface area contributed by atoms with Crippen LogP contribution in [0.2, 0.25) is 0 Å². The smallest absolute Gasteiger partial charge is 0.407 e. The van der Waals surface area contributed by atoms with E-state index >= 15 is 0 Å². The van der Waals surface area contributed by atoms with Crippen LogP contribution in [0.4, 0.5) is 0 Å². The SMILES string of the molecule is CCCCCCC1(CCCCCC)c2cc(Br)ccc2-c2ccc(B3OCC(C)(C)CO3)cc21. The van der Waals surface area contributed by atoms with Crippen LogP contribution in [-0.2, 0) is 14.7 Å². The van der Waals surface area contributed by atoms with Gasteiger partial charge in [-0.25, -0.2) is 0 Å². The Morgan fingerprint density at radius 3 is 1.91 bits per heavy atom. The first-order valence-corrected chi connectivity index (χ1v) is 14.4. The zero-order chi connectivity index (χ0) is 24.2. The van der Waals surface area contributed by atoms with Crippen molar-refractivity contribution in [2.45, 2.75) is 97.3 Å². The highest BCUT2D eigenvalue weighted by Gasteiger charge is 2.43. The molecule has 1 saturated heterocycles. The summed E-state index contributed by atoms with van der Waals surface area (Å²) >= 11 is 3.80. The number of hydrogen-bond donors (Lipinski definition) is 0. The summed E-state index contributed by atoms with van der Waals surface area (Å²) in [6, 6.07) is 13.9. The van der Waals surface area contributed by atoms with Gasteiger partial charge in [0.25, 0.3) is 0 Å². The molecule has 0 N–H and O–H groups in total. The van der Waals surface area contributed by atoms with Gasteiger partial charge in [0.1, 0.15) is 0 Å². The van der Waals surface area contributed by atoms with Crippen molar-refractivity contribution in [1.29, 1.82) is 0 Å². The fraction of sp³-hybridized carbons (Fsp3) is 0.600. The summed E-state index contributed by atoms with van der Waals surface area (Å²) in [6.45, 7) is 10.5. The van der Waals surface area contributed by atoms with Crippen molar-refractivity contribution in [3.05, 3.63) is 52.0 Å². The molecule has 2 aliphatic rings. The first-order valence-electron chi connectivity index (χ1n) is 13.6. The van der Waals surface area contributed by atoms with Gasteiger partial charge in [-0.05, 0) is 52.7 Å². The predicted molar refractivity (Wildman–Crippen MR) is 149 cm³/mol. The third kappa shape index (κ3) is 5.50. The van der Waals surface area contributed by atoms with E-state index in [1.54, 1.807) is 0 Å². The minimum Gasteiger partial charge on any atom is -0.407 e. The minimum absolute atomic E-state index is 0.0814. The quantitative estimate of drug-likeness (QED) is 0.217. The third-order valence-electron chi connectivity index (χ3n) is 7.78. The molecule has 1 heterocycles. The van der Waals surface area contributed by atoms with Crippen LogP contribution in [0.25, 0.3) is 11.1 Å². The molecule has 2 aromatic rings. The lowest BCUT2D eigenvalue weighted by Crippen LogP contribution is -2.47. The number of benzene rings is 2. The molecular weight excluding hydrogens is 483 g/mol. The molecule has 4 heteroatoms. The molecule has 1 fully saturated rings. The fourth-order valence-corrected chi connectivity index (χ4v) is 6.25. The van der Waals surface area contributed by atoms with E-state index in [2.05, 4.69) is 80.0 Å². The maximum Gasteiger partial charge on any atom is 0.493 e. The zero-order valence-corrected chi connectivity index (χ0v) is 23.3. The van der Waals surface area contributed by atoms with Crippen molar-refractivity contribution < 1.29 is 9.31 Å². The van der Waals surface area contributed by atoms with Gasteiger partial charge in [-0.1, -0.05) is 119 Å². The van der Waals surface area contributed by atoms with Gasteiger partial charge < -0.3 is 9.31 Å². The van der Waals surface area contributed by atoms with E-state index in [-0.39, 0.29) is 17.9 Å². The monoisotopic (exact) mass is 524 g/mol. The molecule has 0 bridgehead atoms. The molecule has 0 atom stereocenters. The van der Waals surface area contributed by atoms with Gasteiger partial charge >= 0.3 is 7.12 Å². The maximum absolute atomic E-state index is 6.20. The van der Waals surface area contributed by atoms with E-state index in [0.29, 0.717) is 0 Å². The van der Waals surface area contributed by atoms with Crippen molar-refractivity contribution in [2.24, 2.45) is 5.41 Å². The van der Waals surface area contributed by atoms with E-state index in [1.165, 1.54) is 96.4 Å². The summed E-state index contributed by atoms with van der Waals surface area (Å²) in [4.78, 5) is 0. The normalized spacial score (nSPS) is 18.1. The van der Waals surface area contributed by atoms with Crippen molar-refractivity contribution in [2.75, 3.05) is 13.2 Å². The van der Waals surface area contributed by atoms with Crippen LogP contribution >= 0.6 is 15.9 Å². The first kappa shape index (κ1) is 26.0. The number of hydrogen-bond acceptors (Lipinski definition) is 2. The highest BCUT2D eigenvalue weighted by atomic mass is 79.9. The summed E-state index contributed by atoms with van der Waals surface area (Å²) in [6.07, 6.45) is 12.8. The standard InChI is InChI=1S/C30H42BBrO2/c1-5-7-9-11-17-30(18-12-10-8-6-2)27-19-23(31-33-21-29(3,4)22-34-31)13-15-25(27)26-16-14-24(32)20-28(26)30/h13-16,19-20H,5-12,17-18,21-22H2,1-4H3. The Hall–Kier alpha value is -1.10.